The molecule has 0 aliphatic carbocycles. The lowest BCUT2D eigenvalue weighted by molar-refractivity contribution is -0.116. The van der Waals surface area contributed by atoms with Gasteiger partial charge in [-0.1, -0.05) is 0 Å². The molecule has 3 heterocycles. The van der Waals surface area contributed by atoms with Crippen molar-refractivity contribution in [3.05, 3.63) is 30.9 Å². The number of hydrogen-bond donors (Lipinski definition) is 1. The summed E-state index contributed by atoms with van der Waals surface area (Å²) < 4.78 is 9.08. The van der Waals surface area contributed by atoms with Crippen LogP contribution in [-0.4, -0.2) is 38.2 Å². The lowest BCUT2D eigenvalue weighted by Crippen LogP contribution is -2.24. The van der Waals surface area contributed by atoms with Crippen LogP contribution >= 0.6 is 0 Å². The van der Waals surface area contributed by atoms with E-state index in [9.17, 15) is 4.79 Å². The van der Waals surface area contributed by atoms with Crippen molar-refractivity contribution in [3.63, 3.8) is 0 Å². The first kappa shape index (κ1) is 13.8. The van der Waals surface area contributed by atoms with Gasteiger partial charge in [0.25, 0.3) is 0 Å². The van der Waals surface area contributed by atoms with E-state index >= 15 is 0 Å². The van der Waals surface area contributed by atoms with Gasteiger partial charge in [-0.15, -0.1) is 0 Å². The number of amides is 1. The largest absolute Gasteiger partial charge is 0.376 e. The number of hydrogen-bond acceptors (Lipinski definition) is 4. The Morgan fingerprint density at radius 1 is 1.38 bits per heavy atom. The number of ether oxygens (including phenoxy) is 1. The Morgan fingerprint density at radius 2 is 2.33 bits per heavy atom. The van der Waals surface area contributed by atoms with Crippen LogP contribution in [0, 0.1) is 0 Å². The van der Waals surface area contributed by atoms with Crippen LogP contribution in [0.4, 0.5) is 5.69 Å². The second kappa shape index (κ2) is 6.53. The third-order valence-corrected chi connectivity index (χ3v) is 3.45. The molecular formula is C14H19N5O2. The Hall–Kier alpha value is -2.15. The highest BCUT2D eigenvalue weighted by atomic mass is 16.5. The molecule has 1 atom stereocenters. The summed E-state index contributed by atoms with van der Waals surface area (Å²) in [4.78, 5) is 11.8. The summed E-state index contributed by atoms with van der Waals surface area (Å²) in [5.74, 6) is -0.118. The van der Waals surface area contributed by atoms with E-state index in [-0.39, 0.29) is 18.6 Å². The maximum Gasteiger partial charge on any atom is 0.246 e. The second-order valence-corrected chi connectivity index (χ2v) is 5.19. The molecule has 3 rings (SSSR count). The third kappa shape index (κ3) is 3.91. The number of nitrogens with zero attached hydrogens (tertiary/aromatic N) is 4. The zero-order valence-electron chi connectivity index (χ0n) is 11.8. The van der Waals surface area contributed by atoms with Crippen LogP contribution in [0.15, 0.2) is 30.9 Å². The zero-order valence-corrected chi connectivity index (χ0v) is 11.8. The van der Waals surface area contributed by atoms with Crippen molar-refractivity contribution in [1.82, 2.24) is 19.6 Å². The van der Waals surface area contributed by atoms with Gasteiger partial charge in [0, 0.05) is 25.2 Å². The summed E-state index contributed by atoms with van der Waals surface area (Å²) in [5, 5.41) is 11.1. The fourth-order valence-electron chi connectivity index (χ4n) is 2.43. The lowest BCUT2D eigenvalue weighted by atomic mass is 10.1. The van der Waals surface area contributed by atoms with E-state index in [2.05, 4.69) is 15.5 Å². The van der Waals surface area contributed by atoms with Crippen molar-refractivity contribution in [2.45, 2.75) is 38.5 Å². The molecule has 0 aromatic carbocycles. The van der Waals surface area contributed by atoms with Crippen molar-refractivity contribution in [1.29, 1.82) is 0 Å². The zero-order chi connectivity index (χ0) is 14.5. The summed E-state index contributed by atoms with van der Waals surface area (Å²) in [7, 11) is 0. The molecule has 0 radical (unpaired) electrons. The van der Waals surface area contributed by atoms with Crippen LogP contribution < -0.4 is 5.32 Å². The van der Waals surface area contributed by atoms with Gasteiger partial charge in [0.2, 0.25) is 5.91 Å². The molecule has 1 saturated heterocycles. The molecule has 1 N–H and O–H groups in total. The highest BCUT2D eigenvalue weighted by Gasteiger charge is 2.15. The fraction of sp³-hybridized carbons (Fsp3) is 0.500. The topological polar surface area (TPSA) is 74.0 Å². The summed E-state index contributed by atoms with van der Waals surface area (Å²) in [6, 6.07) is 1.79. The normalized spacial score (nSPS) is 18.6. The molecular weight excluding hydrogens is 270 g/mol. The van der Waals surface area contributed by atoms with Gasteiger partial charge in [-0.25, -0.2) is 0 Å². The molecule has 7 heteroatoms. The monoisotopic (exact) mass is 289 g/mol. The SMILES string of the molecule is O=C(Cn1cccn1)Nc1cnn(CC2CCCCO2)c1. The number of carbonyl (C=O) groups is 1. The van der Waals surface area contributed by atoms with E-state index in [1.165, 1.54) is 6.42 Å². The Labute approximate surface area is 122 Å². The molecule has 1 amide bonds. The average Bonchev–Trinajstić information content (AvgIpc) is 3.12. The van der Waals surface area contributed by atoms with Gasteiger partial charge < -0.3 is 10.1 Å². The highest BCUT2D eigenvalue weighted by molar-refractivity contribution is 5.90. The van der Waals surface area contributed by atoms with E-state index in [0.29, 0.717) is 5.69 Å². The fourth-order valence-corrected chi connectivity index (χ4v) is 2.43. The predicted octanol–water partition coefficient (Wildman–Crippen LogP) is 1.29. The maximum absolute atomic E-state index is 11.8. The standard InChI is InChI=1S/C14H19N5O2/c20-14(11-18-6-3-5-15-18)17-12-8-16-19(9-12)10-13-4-1-2-7-21-13/h3,5-6,8-9,13H,1-2,4,7,10-11H2,(H,17,20). The minimum Gasteiger partial charge on any atom is -0.376 e. The number of aromatic nitrogens is 4. The maximum atomic E-state index is 11.8. The second-order valence-electron chi connectivity index (χ2n) is 5.19. The molecule has 112 valence electrons. The Morgan fingerprint density at radius 3 is 3.10 bits per heavy atom. The summed E-state index contributed by atoms with van der Waals surface area (Å²) in [6.07, 6.45) is 10.5. The third-order valence-electron chi connectivity index (χ3n) is 3.45. The van der Waals surface area contributed by atoms with E-state index < -0.39 is 0 Å². The average molecular weight is 289 g/mol. The van der Waals surface area contributed by atoms with E-state index in [0.717, 1.165) is 26.0 Å². The quantitative estimate of drug-likeness (QED) is 0.900. The van der Waals surface area contributed by atoms with E-state index in [1.54, 1.807) is 29.3 Å². The predicted molar refractivity (Wildman–Crippen MR) is 76.7 cm³/mol. The van der Waals surface area contributed by atoms with Gasteiger partial charge in [-0.05, 0) is 25.3 Å². The number of anilines is 1. The van der Waals surface area contributed by atoms with Gasteiger partial charge >= 0.3 is 0 Å². The molecule has 0 spiro atoms. The van der Waals surface area contributed by atoms with Gasteiger partial charge in [-0.3, -0.25) is 14.2 Å². The first-order valence-electron chi connectivity index (χ1n) is 7.21. The molecule has 0 bridgehead atoms. The minimum absolute atomic E-state index is 0.118. The van der Waals surface area contributed by atoms with Crippen LogP contribution in [0.5, 0.6) is 0 Å². The molecule has 0 saturated carbocycles. The van der Waals surface area contributed by atoms with Crippen molar-refractivity contribution in [2.75, 3.05) is 11.9 Å². The Balaban J connectivity index is 1.51. The van der Waals surface area contributed by atoms with Crippen molar-refractivity contribution >= 4 is 11.6 Å². The first-order chi connectivity index (χ1) is 10.3. The van der Waals surface area contributed by atoms with Gasteiger partial charge in [-0.2, -0.15) is 10.2 Å². The van der Waals surface area contributed by atoms with Crippen LogP contribution in [-0.2, 0) is 22.6 Å². The number of carbonyl (C=O) groups excluding carboxylic acids is 1. The Bertz CT molecular complexity index is 572. The summed E-state index contributed by atoms with van der Waals surface area (Å²) in [5.41, 5.74) is 0.697. The molecule has 1 aliphatic heterocycles. The molecule has 1 fully saturated rings. The minimum atomic E-state index is -0.118. The smallest absolute Gasteiger partial charge is 0.246 e. The van der Waals surface area contributed by atoms with Gasteiger partial charge in [0.05, 0.1) is 24.5 Å². The van der Waals surface area contributed by atoms with E-state index in [1.807, 2.05) is 10.9 Å². The molecule has 1 unspecified atom stereocenters. The molecule has 21 heavy (non-hydrogen) atoms. The van der Waals surface area contributed by atoms with Crippen molar-refractivity contribution in [3.8, 4) is 0 Å². The first-order valence-corrected chi connectivity index (χ1v) is 7.21. The Kier molecular flexibility index (Phi) is 4.30. The number of rotatable bonds is 5. The lowest BCUT2D eigenvalue weighted by Gasteiger charge is -2.22. The van der Waals surface area contributed by atoms with Crippen molar-refractivity contribution in [2.24, 2.45) is 0 Å². The van der Waals surface area contributed by atoms with E-state index in [4.69, 9.17) is 4.74 Å². The highest BCUT2D eigenvalue weighted by Crippen LogP contribution is 2.15. The van der Waals surface area contributed by atoms with Gasteiger partial charge in [0.15, 0.2) is 0 Å². The summed E-state index contributed by atoms with van der Waals surface area (Å²) >= 11 is 0. The molecule has 2 aromatic rings. The van der Waals surface area contributed by atoms with Crippen LogP contribution in [0.3, 0.4) is 0 Å². The van der Waals surface area contributed by atoms with Gasteiger partial charge in [0.1, 0.15) is 6.54 Å². The summed E-state index contributed by atoms with van der Waals surface area (Å²) in [6.45, 7) is 1.76. The van der Waals surface area contributed by atoms with Crippen molar-refractivity contribution < 1.29 is 9.53 Å². The van der Waals surface area contributed by atoms with Crippen LogP contribution in [0.1, 0.15) is 19.3 Å². The molecule has 2 aromatic heterocycles. The van der Waals surface area contributed by atoms with Crippen LogP contribution in [0.2, 0.25) is 0 Å². The molecule has 1 aliphatic rings. The van der Waals surface area contributed by atoms with Crippen LogP contribution in [0.25, 0.3) is 0 Å². The molecule has 7 nitrogen and oxygen atoms in total. The number of nitrogens with one attached hydrogen (secondary N) is 1.